The van der Waals surface area contributed by atoms with Crippen LogP contribution in [-0.4, -0.2) is 41.6 Å². The summed E-state index contributed by atoms with van der Waals surface area (Å²) >= 11 is 0. The number of nitrogens with zero attached hydrogens (tertiary/aromatic N) is 1. The van der Waals surface area contributed by atoms with E-state index >= 15 is 0 Å². The van der Waals surface area contributed by atoms with Crippen LogP contribution in [0.1, 0.15) is 36.4 Å². The molecule has 0 radical (unpaired) electrons. The lowest BCUT2D eigenvalue weighted by Crippen LogP contribution is -2.47. The first-order chi connectivity index (χ1) is 11.1. The van der Waals surface area contributed by atoms with Gasteiger partial charge in [-0.2, -0.15) is 0 Å². The van der Waals surface area contributed by atoms with Crippen molar-refractivity contribution in [3.8, 4) is 0 Å². The molecule has 3 atom stereocenters. The third-order valence-corrected chi connectivity index (χ3v) is 5.01. The van der Waals surface area contributed by atoms with Gasteiger partial charge in [0.1, 0.15) is 0 Å². The lowest BCUT2D eigenvalue weighted by Gasteiger charge is -2.41. The molecule has 0 unspecified atom stereocenters. The number of hydrogen-bond acceptors (Lipinski definition) is 3. The summed E-state index contributed by atoms with van der Waals surface area (Å²) in [6.07, 6.45) is 1.65. The van der Waals surface area contributed by atoms with Crippen molar-refractivity contribution in [2.75, 3.05) is 19.8 Å². The maximum absolute atomic E-state index is 12.5. The molecular formula is C18H23NO4. The van der Waals surface area contributed by atoms with Crippen LogP contribution in [0.4, 0.5) is 0 Å². The van der Waals surface area contributed by atoms with Crippen LogP contribution in [0.5, 0.6) is 0 Å². The lowest BCUT2D eigenvalue weighted by atomic mass is 9.82. The minimum atomic E-state index is -0.821. The fourth-order valence-corrected chi connectivity index (χ4v) is 3.74. The molecule has 1 amide bonds. The molecule has 124 valence electrons. The zero-order valence-corrected chi connectivity index (χ0v) is 13.4. The van der Waals surface area contributed by atoms with Crippen LogP contribution < -0.4 is 0 Å². The maximum atomic E-state index is 12.5. The predicted molar refractivity (Wildman–Crippen MR) is 84.9 cm³/mol. The highest BCUT2D eigenvalue weighted by atomic mass is 16.5. The van der Waals surface area contributed by atoms with Gasteiger partial charge < -0.3 is 14.7 Å². The second-order valence-electron chi connectivity index (χ2n) is 6.56. The van der Waals surface area contributed by atoms with Gasteiger partial charge in [-0.1, -0.05) is 24.3 Å². The second-order valence-corrected chi connectivity index (χ2v) is 6.56. The normalized spacial score (nSPS) is 28.1. The summed E-state index contributed by atoms with van der Waals surface area (Å²) in [5.74, 6) is -1.00. The summed E-state index contributed by atoms with van der Waals surface area (Å²) in [4.78, 5) is 26.1. The van der Waals surface area contributed by atoms with Crippen molar-refractivity contribution in [3.63, 3.8) is 0 Å². The van der Waals surface area contributed by atoms with E-state index in [0.29, 0.717) is 31.9 Å². The number of ether oxygens (including phenoxy) is 1. The SMILES string of the molecule is Cc1ccccc1[C@@H]1[C@H](C(=O)O)CCC(=O)N1C[C@@H]1CCOC1. The molecule has 2 heterocycles. The number of hydrogen-bond donors (Lipinski definition) is 1. The van der Waals surface area contributed by atoms with Gasteiger partial charge in [0.15, 0.2) is 0 Å². The van der Waals surface area contributed by atoms with Gasteiger partial charge in [-0.3, -0.25) is 9.59 Å². The van der Waals surface area contributed by atoms with E-state index < -0.39 is 11.9 Å². The van der Waals surface area contributed by atoms with Crippen LogP contribution in [0.15, 0.2) is 24.3 Å². The monoisotopic (exact) mass is 317 g/mol. The van der Waals surface area contributed by atoms with E-state index in [1.165, 1.54) is 0 Å². The number of carbonyl (C=O) groups excluding carboxylic acids is 1. The molecule has 0 aromatic heterocycles. The number of aryl methyl sites for hydroxylation is 1. The summed E-state index contributed by atoms with van der Waals surface area (Å²) < 4.78 is 5.42. The highest BCUT2D eigenvalue weighted by Crippen LogP contribution is 2.39. The van der Waals surface area contributed by atoms with Crippen LogP contribution in [0.25, 0.3) is 0 Å². The van der Waals surface area contributed by atoms with Gasteiger partial charge in [-0.15, -0.1) is 0 Å². The first-order valence-corrected chi connectivity index (χ1v) is 8.23. The zero-order chi connectivity index (χ0) is 16.4. The van der Waals surface area contributed by atoms with Crippen molar-refractivity contribution in [1.82, 2.24) is 4.90 Å². The molecule has 0 saturated carbocycles. The van der Waals surface area contributed by atoms with Crippen LogP contribution in [0, 0.1) is 18.8 Å². The molecular weight excluding hydrogens is 294 g/mol. The highest BCUT2D eigenvalue weighted by Gasteiger charge is 2.42. The molecule has 0 spiro atoms. The van der Waals surface area contributed by atoms with E-state index in [-0.39, 0.29) is 11.9 Å². The summed E-state index contributed by atoms with van der Waals surface area (Å²) in [6, 6.07) is 7.40. The average molecular weight is 317 g/mol. The fourth-order valence-electron chi connectivity index (χ4n) is 3.74. The van der Waals surface area contributed by atoms with Crippen molar-refractivity contribution >= 4 is 11.9 Å². The first kappa shape index (κ1) is 16.0. The number of carboxylic acid groups (broad SMARTS) is 1. The van der Waals surface area contributed by atoms with Gasteiger partial charge in [0.25, 0.3) is 0 Å². The molecule has 3 rings (SSSR count). The van der Waals surface area contributed by atoms with Crippen molar-refractivity contribution in [1.29, 1.82) is 0 Å². The Hall–Kier alpha value is -1.88. The summed E-state index contributed by atoms with van der Waals surface area (Å²) in [6.45, 7) is 3.94. The Bertz CT molecular complexity index is 594. The van der Waals surface area contributed by atoms with E-state index in [2.05, 4.69) is 0 Å². The van der Waals surface area contributed by atoms with E-state index in [0.717, 1.165) is 24.2 Å². The Balaban J connectivity index is 1.95. The molecule has 1 aromatic carbocycles. The molecule has 5 nitrogen and oxygen atoms in total. The molecule has 2 saturated heterocycles. The molecule has 5 heteroatoms. The number of carboxylic acids is 1. The summed E-state index contributed by atoms with van der Waals surface area (Å²) in [5.41, 5.74) is 1.98. The van der Waals surface area contributed by atoms with E-state index in [9.17, 15) is 14.7 Å². The lowest BCUT2D eigenvalue weighted by molar-refractivity contribution is -0.152. The maximum Gasteiger partial charge on any atom is 0.308 e. The first-order valence-electron chi connectivity index (χ1n) is 8.23. The molecule has 1 aromatic rings. The Morgan fingerprint density at radius 3 is 2.78 bits per heavy atom. The Morgan fingerprint density at radius 2 is 2.13 bits per heavy atom. The predicted octanol–water partition coefficient (Wildman–Crippen LogP) is 2.40. The number of carbonyl (C=O) groups is 2. The Morgan fingerprint density at radius 1 is 1.35 bits per heavy atom. The molecule has 0 aliphatic carbocycles. The topological polar surface area (TPSA) is 66.8 Å². The molecule has 23 heavy (non-hydrogen) atoms. The molecule has 2 aliphatic rings. The summed E-state index contributed by atoms with van der Waals surface area (Å²) in [7, 11) is 0. The zero-order valence-electron chi connectivity index (χ0n) is 13.4. The number of piperidine rings is 1. The average Bonchev–Trinajstić information content (AvgIpc) is 3.03. The van der Waals surface area contributed by atoms with Gasteiger partial charge in [-0.25, -0.2) is 0 Å². The second kappa shape index (κ2) is 6.71. The molecule has 2 aliphatic heterocycles. The van der Waals surface area contributed by atoms with E-state index in [1.54, 1.807) is 4.90 Å². The van der Waals surface area contributed by atoms with Gasteiger partial charge >= 0.3 is 5.97 Å². The third-order valence-electron chi connectivity index (χ3n) is 5.01. The van der Waals surface area contributed by atoms with Gasteiger partial charge in [-0.05, 0) is 30.9 Å². The molecule has 2 fully saturated rings. The van der Waals surface area contributed by atoms with Crippen LogP contribution >= 0.6 is 0 Å². The van der Waals surface area contributed by atoms with Crippen LogP contribution in [0.2, 0.25) is 0 Å². The third kappa shape index (κ3) is 3.24. The van der Waals surface area contributed by atoms with Crippen LogP contribution in [-0.2, 0) is 14.3 Å². The van der Waals surface area contributed by atoms with E-state index in [1.807, 2.05) is 31.2 Å². The quantitative estimate of drug-likeness (QED) is 0.926. The highest BCUT2D eigenvalue weighted by molar-refractivity contribution is 5.82. The van der Waals surface area contributed by atoms with Gasteiger partial charge in [0, 0.05) is 25.5 Å². The van der Waals surface area contributed by atoms with Crippen molar-refractivity contribution < 1.29 is 19.4 Å². The fraction of sp³-hybridized carbons (Fsp3) is 0.556. The minimum absolute atomic E-state index is 0.0580. The molecule has 0 bridgehead atoms. The van der Waals surface area contributed by atoms with Crippen molar-refractivity contribution in [2.45, 2.75) is 32.2 Å². The standard InChI is InChI=1S/C18H23NO4/c1-12-4-2-3-5-14(12)17-15(18(21)22)6-7-16(20)19(17)10-13-8-9-23-11-13/h2-5,13,15,17H,6-11H2,1H3,(H,21,22)/t13-,15+,17+/m0/s1. The van der Waals surface area contributed by atoms with E-state index in [4.69, 9.17) is 4.74 Å². The van der Waals surface area contributed by atoms with Crippen molar-refractivity contribution in [2.24, 2.45) is 11.8 Å². The number of benzene rings is 1. The largest absolute Gasteiger partial charge is 0.481 e. The smallest absolute Gasteiger partial charge is 0.308 e. The van der Waals surface area contributed by atoms with Gasteiger partial charge in [0.2, 0.25) is 5.91 Å². The minimum Gasteiger partial charge on any atom is -0.481 e. The summed E-state index contributed by atoms with van der Waals surface area (Å²) in [5, 5.41) is 9.66. The Labute approximate surface area is 136 Å². The number of aliphatic carboxylic acids is 1. The van der Waals surface area contributed by atoms with Crippen molar-refractivity contribution in [3.05, 3.63) is 35.4 Å². The van der Waals surface area contributed by atoms with Crippen LogP contribution in [0.3, 0.4) is 0 Å². The number of likely N-dealkylation sites (tertiary alicyclic amines) is 1. The Kier molecular flexibility index (Phi) is 4.66. The van der Waals surface area contributed by atoms with Gasteiger partial charge in [0.05, 0.1) is 18.6 Å². The molecule has 1 N–H and O–H groups in total. The number of amides is 1. The number of rotatable bonds is 4.